The number of thioether (sulfide) groups is 1. The molecule has 0 aromatic rings. The summed E-state index contributed by atoms with van der Waals surface area (Å²) in [7, 11) is 0. The van der Waals surface area contributed by atoms with Gasteiger partial charge in [0.25, 0.3) is 5.24 Å². The number of nitrogens with one attached hydrogen (secondary N) is 1. The summed E-state index contributed by atoms with van der Waals surface area (Å²) in [6.07, 6.45) is 43.4. The van der Waals surface area contributed by atoms with E-state index in [1.165, 1.54) is 180 Å². The highest BCUT2D eigenvalue weighted by Crippen LogP contribution is 2.16. The van der Waals surface area contributed by atoms with Crippen molar-refractivity contribution in [2.75, 3.05) is 19.5 Å². The molecule has 6 nitrogen and oxygen atoms in total. The Hall–Kier alpha value is -1.24. The summed E-state index contributed by atoms with van der Waals surface area (Å²) in [5.41, 5.74) is 0. The van der Waals surface area contributed by atoms with Crippen LogP contribution < -0.4 is 5.32 Å². The van der Waals surface area contributed by atoms with E-state index in [0.29, 0.717) is 13.2 Å². The van der Waals surface area contributed by atoms with Gasteiger partial charge in [0, 0.05) is 0 Å². The smallest absolute Gasteiger partial charge is 0.307 e. The molecule has 0 aromatic carbocycles. The summed E-state index contributed by atoms with van der Waals surface area (Å²) in [5.74, 6) is -0.745. The molecule has 296 valence electrons. The molecule has 0 aromatic heterocycles. The lowest BCUT2D eigenvalue weighted by Gasteiger charge is -2.17. The zero-order valence-corrected chi connectivity index (χ0v) is 34.3. The summed E-state index contributed by atoms with van der Waals surface area (Å²) in [6.45, 7) is 5.33. The first kappa shape index (κ1) is 48.8. The number of carbonyl (C=O) groups excluding carboxylic acids is 3. The van der Waals surface area contributed by atoms with E-state index in [9.17, 15) is 14.4 Å². The monoisotopic (exact) mass is 726 g/mol. The fourth-order valence-corrected chi connectivity index (χ4v) is 6.88. The molecule has 0 bridgehead atoms. The Kier molecular flexibility index (Phi) is 39.5. The number of rotatable bonds is 39. The van der Waals surface area contributed by atoms with E-state index in [1.54, 1.807) is 6.26 Å². The van der Waals surface area contributed by atoms with Crippen LogP contribution in [0.15, 0.2) is 0 Å². The van der Waals surface area contributed by atoms with Crippen LogP contribution in [-0.2, 0) is 19.1 Å². The van der Waals surface area contributed by atoms with Gasteiger partial charge in [0.05, 0.1) is 32.1 Å². The first-order valence-corrected chi connectivity index (χ1v) is 22.9. The van der Waals surface area contributed by atoms with Crippen molar-refractivity contribution in [3.8, 4) is 0 Å². The van der Waals surface area contributed by atoms with Crippen LogP contribution in [0.5, 0.6) is 0 Å². The van der Waals surface area contributed by atoms with Crippen molar-refractivity contribution in [2.45, 2.75) is 238 Å². The van der Waals surface area contributed by atoms with Crippen LogP contribution in [0.2, 0.25) is 0 Å². The number of carbonyl (C=O) groups is 3. The van der Waals surface area contributed by atoms with E-state index in [4.69, 9.17) is 9.47 Å². The van der Waals surface area contributed by atoms with Gasteiger partial charge in [-0.25, -0.2) is 0 Å². The molecular formula is C43H83NO5S. The Morgan fingerprint density at radius 2 is 0.660 bits per heavy atom. The van der Waals surface area contributed by atoms with Gasteiger partial charge in [0.1, 0.15) is 0 Å². The maximum absolute atomic E-state index is 12.5. The maximum atomic E-state index is 12.5. The summed E-state index contributed by atoms with van der Waals surface area (Å²) in [5, 5.41) is 2.51. The van der Waals surface area contributed by atoms with Gasteiger partial charge in [-0.15, -0.1) is 0 Å². The van der Waals surface area contributed by atoms with E-state index in [2.05, 4.69) is 19.2 Å². The summed E-state index contributed by atoms with van der Waals surface area (Å²) < 4.78 is 10.9. The maximum Gasteiger partial charge on any atom is 0.307 e. The zero-order chi connectivity index (χ0) is 36.6. The topological polar surface area (TPSA) is 81.7 Å². The minimum atomic E-state index is -0.605. The summed E-state index contributed by atoms with van der Waals surface area (Å²) in [6, 6.07) is -0.605. The van der Waals surface area contributed by atoms with Gasteiger partial charge in [-0.1, -0.05) is 218 Å². The number of ether oxygens (including phenoxy) is 2. The molecule has 0 aliphatic rings. The van der Waals surface area contributed by atoms with Crippen molar-refractivity contribution in [3.05, 3.63) is 0 Å². The highest BCUT2D eigenvalue weighted by molar-refractivity contribution is 8.12. The predicted octanol–water partition coefficient (Wildman–Crippen LogP) is 13.8. The number of esters is 2. The molecule has 50 heavy (non-hydrogen) atoms. The highest BCUT2D eigenvalue weighted by atomic mass is 32.2. The third kappa shape index (κ3) is 38.0. The quantitative estimate of drug-likeness (QED) is 0.0502. The molecule has 0 spiro atoms. The standard InChI is InChI=1S/C43H83NO5S/c1-4-6-8-10-12-14-16-18-20-22-24-26-28-30-32-34-36-48-41(45)38-40(44-43(47)50-3)39-42(46)49-37-35-33-31-29-27-25-23-21-19-17-15-13-11-9-7-5-2/h40H,4-39H2,1-3H3,(H,44,47). The molecule has 1 N–H and O–H groups in total. The Morgan fingerprint density at radius 3 is 0.900 bits per heavy atom. The number of unbranched alkanes of at least 4 members (excludes halogenated alkanes) is 30. The van der Waals surface area contributed by atoms with E-state index < -0.39 is 6.04 Å². The SMILES string of the molecule is CCCCCCCCCCCCCCCCCCOC(=O)CC(CC(=O)OCCCCCCCCCCCCCCCCCC)NC(=O)SC. The van der Waals surface area contributed by atoms with Gasteiger partial charge >= 0.3 is 11.9 Å². The number of hydrogen-bond acceptors (Lipinski definition) is 6. The molecule has 1 amide bonds. The van der Waals surface area contributed by atoms with Gasteiger partial charge < -0.3 is 14.8 Å². The lowest BCUT2D eigenvalue weighted by molar-refractivity contribution is -0.146. The van der Waals surface area contributed by atoms with E-state index in [0.717, 1.165) is 37.4 Å². The third-order valence-corrected chi connectivity index (χ3v) is 10.3. The highest BCUT2D eigenvalue weighted by Gasteiger charge is 2.21. The van der Waals surface area contributed by atoms with Crippen LogP contribution in [0, 0.1) is 0 Å². The first-order valence-electron chi connectivity index (χ1n) is 21.7. The fourth-order valence-electron chi connectivity index (χ4n) is 6.59. The molecule has 0 aliphatic heterocycles. The molecule has 0 atom stereocenters. The average Bonchev–Trinajstić information content (AvgIpc) is 3.10. The molecule has 0 heterocycles. The zero-order valence-electron chi connectivity index (χ0n) is 33.5. The average molecular weight is 726 g/mol. The second-order valence-electron chi connectivity index (χ2n) is 14.8. The van der Waals surface area contributed by atoms with Crippen LogP contribution in [0.3, 0.4) is 0 Å². The van der Waals surface area contributed by atoms with Crippen molar-refractivity contribution in [3.63, 3.8) is 0 Å². The fraction of sp³-hybridized carbons (Fsp3) is 0.930. The molecule has 7 heteroatoms. The number of amides is 1. The summed E-state index contributed by atoms with van der Waals surface area (Å²) >= 11 is 1.03. The third-order valence-electron chi connectivity index (χ3n) is 9.86. The molecule has 0 radical (unpaired) electrons. The van der Waals surface area contributed by atoms with Gasteiger partial charge in [-0.05, 0) is 19.1 Å². The molecule has 0 fully saturated rings. The van der Waals surface area contributed by atoms with Crippen LogP contribution >= 0.6 is 11.8 Å². The second-order valence-corrected chi connectivity index (χ2v) is 15.6. The molecular weight excluding hydrogens is 643 g/mol. The molecule has 0 rings (SSSR count). The Bertz CT molecular complexity index is 697. The molecule has 0 saturated carbocycles. The van der Waals surface area contributed by atoms with E-state index in [1.807, 2.05) is 0 Å². The van der Waals surface area contributed by atoms with Crippen molar-refractivity contribution in [1.29, 1.82) is 0 Å². The van der Waals surface area contributed by atoms with Crippen molar-refractivity contribution >= 4 is 28.9 Å². The van der Waals surface area contributed by atoms with Gasteiger partial charge in [0.2, 0.25) is 0 Å². The van der Waals surface area contributed by atoms with E-state index >= 15 is 0 Å². The van der Waals surface area contributed by atoms with Crippen molar-refractivity contribution in [1.82, 2.24) is 5.32 Å². The lowest BCUT2D eigenvalue weighted by Crippen LogP contribution is -2.36. The lowest BCUT2D eigenvalue weighted by atomic mass is 10.0. The molecule has 0 saturated heterocycles. The largest absolute Gasteiger partial charge is 0.466 e. The molecule has 0 aliphatic carbocycles. The Morgan fingerprint density at radius 1 is 0.420 bits per heavy atom. The summed E-state index contributed by atoms with van der Waals surface area (Å²) in [4.78, 5) is 36.9. The minimum absolute atomic E-state index is 0.0146. The minimum Gasteiger partial charge on any atom is -0.466 e. The van der Waals surface area contributed by atoms with Gasteiger partial charge in [-0.3, -0.25) is 14.4 Å². The number of hydrogen-bond donors (Lipinski definition) is 1. The second kappa shape index (κ2) is 40.5. The normalized spacial score (nSPS) is 11.3. The van der Waals surface area contributed by atoms with Crippen LogP contribution in [0.4, 0.5) is 4.79 Å². The van der Waals surface area contributed by atoms with Crippen LogP contribution in [-0.4, -0.2) is 42.7 Å². The molecule has 0 unspecified atom stereocenters. The van der Waals surface area contributed by atoms with Gasteiger partial charge in [-0.2, -0.15) is 0 Å². The van der Waals surface area contributed by atoms with Crippen molar-refractivity contribution in [2.24, 2.45) is 0 Å². The van der Waals surface area contributed by atoms with Gasteiger partial charge in [0.15, 0.2) is 0 Å². The van der Waals surface area contributed by atoms with Crippen molar-refractivity contribution < 1.29 is 23.9 Å². The Balaban J connectivity index is 3.76. The van der Waals surface area contributed by atoms with Crippen LogP contribution in [0.1, 0.15) is 232 Å². The Labute approximate surface area is 314 Å². The van der Waals surface area contributed by atoms with E-state index in [-0.39, 0.29) is 30.0 Å². The predicted molar refractivity (Wildman–Crippen MR) is 216 cm³/mol. The van der Waals surface area contributed by atoms with Crippen LogP contribution in [0.25, 0.3) is 0 Å². The first-order chi connectivity index (χ1) is 24.5.